The Morgan fingerprint density at radius 3 is 2.40 bits per heavy atom. The van der Waals surface area contributed by atoms with E-state index in [9.17, 15) is 9.59 Å². The largest absolute Gasteiger partial charge is 0.497 e. The van der Waals surface area contributed by atoms with Crippen LogP contribution in [0, 0.1) is 0 Å². The van der Waals surface area contributed by atoms with Gasteiger partial charge in [-0.05, 0) is 58.4 Å². The smallest absolute Gasteiger partial charge is 0.318 e. The lowest BCUT2D eigenvalue weighted by atomic mass is 10.1. The molecule has 3 rings (SSSR count). The second kappa shape index (κ2) is 11.4. The summed E-state index contributed by atoms with van der Waals surface area (Å²) >= 11 is 0. The molecular weight excluding hydrogens is 444 g/mol. The number of carbonyl (C=O) groups is 2. The molecule has 1 aromatic heterocycles. The summed E-state index contributed by atoms with van der Waals surface area (Å²) in [7, 11) is 1.64. The minimum Gasteiger partial charge on any atom is -0.497 e. The summed E-state index contributed by atoms with van der Waals surface area (Å²) in [4.78, 5) is 31.4. The molecule has 1 aliphatic rings. The van der Waals surface area contributed by atoms with Crippen LogP contribution in [0.5, 0.6) is 5.75 Å². The van der Waals surface area contributed by atoms with Gasteiger partial charge in [-0.1, -0.05) is 19.1 Å². The molecule has 1 fully saturated rings. The van der Waals surface area contributed by atoms with Gasteiger partial charge >= 0.3 is 6.03 Å². The van der Waals surface area contributed by atoms with Crippen molar-refractivity contribution in [3.63, 3.8) is 0 Å². The van der Waals surface area contributed by atoms with E-state index in [0.29, 0.717) is 26.2 Å². The highest BCUT2D eigenvalue weighted by Crippen LogP contribution is 2.23. The highest BCUT2D eigenvalue weighted by atomic mass is 16.5. The molecule has 35 heavy (non-hydrogen) atoms. The third-order valence-corrected chi connectivity index (χ3v) is 6.14. The zero-order valence-electron chi connectivity index (χ0n) is 21.7. The van der Waals surface area contributed by atoms with Crippen molar-refractivity contribution in [3.8, 4) is 17.0 Å². The maximum Gasteiger partial charge on any atom is 0.318 e. The average Bonchev–Trinajstić information content (AvgIpc) is 2.85. The number of methoxy groups -OCH3 is 1. The van der Waals surface area contributed by atoms with Gasteiger partial charge in [0.05, 0.1) is 12.8 Å². The molecule has 1 unspecified atom stereocenters. The van der Waals surface area contributed by atoms with Gasteiger partial charge in [0, 0.05) is 43.3 Å². The lowest BCUT2D eigenvalue weighted by Crippen LogP contribution is -2.56. The van der Waals surface area contributed by atoms with Gasteiger partial charge in [-0.3, -0.25) is 4.79 Å². The molecule has 1 atom stereocenters. The Morgan fingerprint density at radius 1 is 1.11 bits per heavy atom. The number of amides is 3. The number of anilines is 1. The second-order valence-electron chi connectivity index (χ2n) is 9.94. The zero-order valence-corrected chi connectivity index (χ0v) is 21.7. The second-order valence-corrected chi connectivity index (χ2v) is 9.94. The van der Waals surface area contributed by atoms with Crippen molar-refractivity contribution in [2.75, 3.05) is 44.7 Å². The van der Waals surface area contributed by atoms with Crippen LogP contribution in [0.25, 0.3) is 11.3 Å². The molecule has 1 aromatic carbocycles. The molecular formula is C26H38N6O3. The highest BCUT2D eigenvalue weighted by molar-refractivity contribution is 5.84. The summed E-state index contributed by atoms with van der Waals surface area (Å²) in [5.41, 5.74) is 1.36. The fourth-order valence-corrected chi connectivity index (χ4v) is 3.90. The minimum atomic E-state index is -0.360. The molecule has 9 heteroatoms. The maximum atomic E-state index is 13.0. The van der Waals surface area contributed by atoms with Crippen molar-refractivity contribution in [1.29, 1.82) is 0 Å². The Labute approximate surface area is 208 Å². The first-order valence-corrected chi connectivity index (χ1v) is 12.2. The van der Waals surface area contributed by atoms with E-state index in [0.717, 1.165) is 29.2 Å². The molecule has 3 amide bonds. The van der Waals surface area contributed by atoms with Crippen molar-refractivity contribution in [2.24, 2.45) is 0 Å². The standard InChI is InChI=1S/C26H38N6O3/c1-7-19(2)32(25(34)27-26(3,4)5)18-24(33)31-15-13-30(14-16-31)23-12-11-22(28-29-23)20-9-8-10-21(17-20)35-6/h8-12,17,19H,7,13-16,18H2,1-6H3,(H,27,34). The van der Waals surface area contributed by atoms with Gasteiger partial charge in [-0.15, -0.1) is 10.2 Å². The lowest BCUT2D eigenvalue weighted by molar-refractivity contribution is -0.132. The van der Waals surface area contributed by atoms with Crippen molar-refractivity contribution < 1.29 is 14.3 Å². The van der Waals surface area contributed by atoms with Gasteiger partial charge in [-0.25, -0.2) is 4.79 Å². The van der Waals surface area contributed by atoms with E-state index in [4.69, 9.17) is 4.74 Å². The molecule has 0 spiro atoms. The number of benzene rings is 1. The van der Waals surface area contributed by atoms with E-state index in [-0.39, 0.29) is 30.1 Å². The number of hydrogen-bond donors (Lipinski definition) is 1. The quantitative estimate of drug-likeness (QED) is 0.650. The van der Waals surface area contributed by atoms with Crippen molar-refractivity contribution in [2.45, 2.75) is 52.6 Å². The summed E-state index contributed by atoms with van der Waals surface area (Å²) in [6.07, 6.45) is 0.781. The Morgan fingerprint density at radius 2 is 1.83 bits per heavy atom. The third-order valence-electron chi connectivity index (χ3n) is 6.14. The van der Waals surface area contributed by atoms with Crippen LogP contribution in [0.3, 0.4) is 0 Å². The van der Waals surface area contributed by atoms with Crippen LogP contribution in [-0.4, -0.2) is 83.3 Å². The normalized spacial score (nSPS) is 14.9. The zero-order chi connectivity index (χ0) is 25.6. The molecule has 0 bridgehead atoms. The van der Waals surface area contributed by atoms with Gasteiger partial charge in [0.1, 0.15) is 12.3 Å². The van der Waals surface area contributed by atoms with Crippen LogP contribution in [0.4, 0.5) is 10.6 Å². The number of nitrogens with one attached hydrogen (secondary N) is 1. The predicted molar refractivity (Wildman–Crippen MR) is 138 cm³/mol. The van der Waals surface area contributed by atoms with Crippen LogP contribution >= 0.6 is 0 Å². The van der Waals surface area contributed by atoms with Crippen LogP contribution in [0.2, 0.25) is 0 Å². The summed E-state index contributed by atoms with van der Waals surface area (Å²) in [6, 6.07) is 11.4. The number of rotatable bonds is 7. The molecule has 190 valence electrons. The number of hydrogen-bond acceptors (Lipinski definition) is 6. The van der Waals surface area contributed by atoms with E-state index in [1.165, 1.54) is 0 Å². The Balaban J connectivity index is 1.58. The van der Waals surface area contributed by atoms with Gasteiger partial charge in [0.15, 0.2) is 5.82 Å². The fraction of sp³-hybridized carbons (Fsp3) is 0.538. The van der Waals surface area contributed by atoms with Crippen LogP contribution < -0.4 is 15.0 Å². The number of ether oxygens (including phenoxy) is 1. The average molecular weight is 483 g/mol. The van der Waals surface area contributed by atoms with E-state index in [1.807, 2.05) is 75.9 Å². The molecule has 1 aliphatic heterocycles. The van der Waals surface area contributed by atoms with Crippen LogP contribution in [-0.2, 0) is 4.79 Å². The molecule has 9 nitrogen and oxygen atoms in total. The van der Waals surface area contributed by atoms with Crippen LogP contribution in [0.15, 0.2) is 36.4 Å². The van der Waals surface area contributed by atoms with Crippen molar-refractivity contribution in [3.05, 3.63) is 36.4 Å². The number of aromatic nitrogens is 2. The van der Waals surface area contributed by atoms with Gasteiger partial charge in [0.2, 0.25) is 5.91 Å². The summed E-state index contributed by atoms with van der Waals surface area (Å²) in [5.74, 6) is 1.53. The molecule has 0 radical (unpaired) electrons. The topological polar surface area (TPSA) is 90.9 Å². The number of carbonyl (C=O) groups excluding carboxylic acids is 2. The summed E-state index contributed by atoms with van der Waals surface area (Å²) in [5, 5.41) is 11.8. The van der Waals surface area contributed by atoms with Gasteiger partial charge in [0.25, 0.3) is 0 Å². The number of urea groups is 1. The van der Waals surface area contributed by atoms with E-state index < -0.39 is 0 Å². The Kier molecular flexibility index (Phi) is 8.53. The number of piperazine rings is 1. The summed E-state index contributed by atoms with van der Waals surface area (Å²) in [6.45, 7) is 12.4. The first-order valence-electron chi connectivity index (χ1n) is 12.2. The van der Waals surface area contributed by atoms with Crippen molar-refractivity contribution in [1.82, 2.24) is 25.3 Å². The molecule has 2 heterocycles. The molecule has 2 aromatic rings. The Hall–Kier alpha value is -3.36. The van der Waals surface area contributed by atoms with E-state index >= 15 is 0 Å². The highest BCUT2D eigenvalue weighted by Gasteiger charge is 2.29. The van der Waals surface area contributed by atoms with Crippen LogP contribution in [0.1, 0.15) is 41.0 Å². The van der Waals surface area contributed by atoms with Gasteiger partial charge in [-0.2, -0.15) is 0 Å². The molecule has 0 aliphatic carbocycles. The Bertz CT molecular complexity index is 997. The first-order chi connectivity index (χ1) is 16.6. The predicted octanol–water partition coefficient (Wildman–Crippen LogP) is 3.41. The maximum absolute atomic E-state index is 13.0. The third kappa shape index (κ3) is 7.07. The minimum absolute atomic E-state index is 0.0269. The molecule has 1 saturated heterocycles. The SMILES string of the molecule is CCC(C)N(CC(=O)N1CCN(c2ccc(-c3cccc(OC)c3)nn2)CC1)C(=O)NC(C)(C)C. The lowest BCUT2D eigenvalue weighted by Gasteiger charge is -2.37. The summed E-state index contributed by atoms with van der Waals surface area (Å²) < 4.78 is 5.29. The number of nitrogens with zero attached hydrogens (tertiary/aromatic N) is 5. The van der Waals surface area contributed by atoms with Crippen molar-refractivity contribution >= 4 is 17.8 Å². The fourth-order valence-electron chi connectivity index (χ4n) is 3.90. The monoisotopic (exact) mass is 482 g/mol. The molecule has 1 N–H and O–H groups in total. The first kappa shape index (κ1) is 26.2. The van der Waals surface area contributed by atoms with E-state index in [1.54, 1.807) is 12.0 Å². The van der Waals surface area contributed by atoms with Gasteiger partial charge < -0.3 is 24.8 Å². The molecule has 0 saturated carbocycles. The van der Waals surface area contributed by atoms with E-state index in [2.05, 4.69) is 20.4 Å².